The van der Waals surface area contributed by atoms with Crippen LogP contribution in [0.4, 0.5) is 5.95 Å². The summed E-state index contributed by atoms with van der Waals surface area (Å²) in [4.78, 5) is 18.6. The number of rotatable bonds is 5. The average Bonchev–Trinajstić information content (AvgIpc) is 3.07. The summed E-state index contributed by atoms with van der Waals surface area (Å²) < 4.78 is 5.30. The molecule has 1 aromatic heterocycles. The molecule has 6 heteroatoms. The number of carboxylic acid groups (broad SMARTS) is 1. The van der Waals surface area contributed by atoms with Gasteiger partial charge in [0.2, 0.25) is 5.89 Å². The lowest BCUT2D eigenvalue weighted by molar-refractivity contribution is -0.149. The highest BCUT2D eigenvalue weighted by molar-refractivity contribution is 5.76. The number of anilines is 1. The molecule has 0 aliphatic carbocycles. The van der Waals surface area contributed by atoms with Gasteiger partial charge in [0, 0.05) is 19.0 Å². The van der Waals surface area contributed by atoms with Gasteiger partial charge in [0.25, 0.3) is 5.95 Å². The summed E-state index contributed by atoms with van der Waals surface area (Å²) in [6.45, 7) is 7.16. The van der Waals surface area contributed by atoms with Crippen molar-refractivity contribution >= 4 is 11.9 Å². The quantitative estimate of drug-likeness (QED) is 0.896. The molecule has 25 heavy (non-hydrogen) atoms. The van der Waals surface area contributed by atoms with E-state index in [1.165, 1.54) is 0 Å². The number of nitrogens with zero attached hydrogens (tertiary/aromatic N) is 3. The molecule has 0 amide bonds. The first kappa shape index (κ1) is 17.5. The van der Waals surface area contributed by atoms with Crippen molar-refractivity contribution in [3.05, 3.63) is 41.3 Å². The Bertz CT molecular complexity index is 756. The maximum Gasteiger partial charge on any atom is 0.311 e. The molecular weight excluding hydrogens is 318 g/mol. The van der Waals surface area contributed by atoms with Crippen LogP contribution < -0.4 is 4.90 Å². The molecule has 0 bridgehead atoms. The van der Waals surface area contributed by atoms with Crippen LogP contribution in [0, 0.1) is 12.3 Å². The molecule has 0 spiro atoms. The van der Waals surface area contributed by atoms with Gasteiger partial charge in [0.15, 0.2) is 0 Å². The number of aromatic nitrogens is 2. The van der Waals surface area contributed by atoms with Crippen molar-refractivity contribution in [3.63, 3.8) is 0 Å². The van der Waals surface area contributed by atoms with Crippen molar-refractivity contribution in [2.75, 3.05) is 18.0 Å². The molecule has 0 saturated carbocycles. The van der Waals surface area contributed by atoms with Crippen LogP contribution in [0.5, 0.6) is 0 Å². The number of carboxylic acids is 1. The maximum absolute atomic E-state index is 12.2. The molecule has 0 radical (unpaired) electrons. The summed E-state index contributed by atoms with van der Waals surface area (Å²) in [5, 5.41) is 14.1. The first-order valence-corrected chi connectivity index (χ1v) is 8.78. The number of carbonyl (C=O) groups is 1. The zero-order valence-corrected chi connectivity index (χ0v) is 15.0. The summed E-state index contributed by atoms with van der Waals surface area (Å²) in [6, 6.07) is 7.99. The SMILES string of the molecule is Cc1ccccc1CC1(C(=O)O)CCCN(c2noc(C(C)C)n2)C1. The minimum Gasteiger partial charge on any atom is -0.481 e. The van der Waals surface area contributed by atoms with Crippen molar-refractivity contribution in [1.82, 2.24) is 10.1 Å². The Labute approximate surface area is 147 Å². The third-order valence-corrected chi connectivity index (χ3v) is 5.03. The smallest absolute Gasteiger partial charge is 0.311 e. The highest BCUT2D eigenvalue weighted by atomic mass is 16.5. The Morgan fingerprint density at radius 1 is 1.40 bits per heavy atom. The first-order chi connectivity index (χ1) is 11.9. The number of hydrogen-bond donors (Lipinski definition) is 1. The molecular formula is C19H25N3O3. The third-order valence-electron chi connectivity index (χ3n) is 5.03. The van der Waals surface area contributed by atoms with Gasteiger partial charge in [-0.25, -0.2) is 0 Å². The molecule has 2 heterocycles. The zero-order chi connectivity index (χ0) is 18.0. The molecule has 1 unspecified atom stereocenters. The van der Waals surface area contributed by atoms with Crippen LogP contribution in [0.15, 0.2) is 28.8 Å². The molecule has 134 valence electrons. The van der Waals surface area contributed by atoms with E-state index in [-0.39, 0.29) is 5.92 Å². The van der Waals surface area contributed by atoms with E-state index in [2.05, 4.69) is 10.1 Å². The van der Waals surface area contributed by atoms with Gasteiger partial charge in [-0.05, 0) is 42.5 Å². The Morgan fingerprint density at radius 3 is 2.80 bits per heavy atom. The lowest BCUT2D eigenvalue weighted by atomic mass is 9.74. The van der Waals surface area contributed by atoms with E-state index in [1.54, 1.807) is 0 Å². The van der Waals surface area contributed by atoms with Crippen LogP contribution in [0.1, 0.15) is 49.6 Å². The molecule has 1 aromatic carbocycles. The fourth-order valence-corrected chi connectivity index (χ4v) is 3.46. The predicted octanol–water partition coefficient (Wildman–Crippen LogP) is 3.42. The molecule has 1 saturated heterocycles. The lowest BCUT2D eigenvalue weighted by Gasteiger charge is -2.39. The maximum atomic E-state index is 12.2. The van der Waals surface area contributed by atoms with E-state index < -0.39 is 11.4 Å². The topological polar surface area (TPSA) is 79.5 Å². The molecule has 3 rings (SSSR count). The van der Waals surface area contributed by atoms with E-state index in [0.717, 1.165) is 24.1 Å². The Kier molecular flexibility index (Phi) is 4.79. The number of aryl methyl sites for hydroxylation is 1. The van der Waals surface area contributed by atoms with Gasteiger partial charge >= 0.3 is 5.97 Å². The fraction of sp³-hybridized carbons (Fsp3) is 0.526. The number of aliphatic carboxylic acids is 1. The Morgan fingerprint density at radius 2 is 2.16 bits per heavy atom. The van der Waals surface area contributed by atoms with Gasteiger partial charge in [0.1, 0.15) is 0 Å². The number of benzene rings is 1. The minimum atomic E-state index is -0.830. The Hall–Kier alpha value is -2.37. The van der Waals surface area contributed by atoms with Crippen LogP contribution in [0.25, 0.3) is 0 Å². The molecule has 1 aliphatic heterocycles. The molecule has 1 N–H and O–H groups in total. The van der Waals surface area contributed by atoms with Crippen molar-refractivity contribution in [1.29, 1.82) is 0 Å². The van der Waals surface area contributed by atoms with E-state index in [0.29, 0.717) is 31.2 Å². The second-order valence-corrected chi connectivity index (χ2v) is 7.30. The lowest BCUT2D eigenvalue weighted by Crippen LogP contribution is -2.49. The molecule has 2 aromatic rings. The summed E-state index contributed by atoms with van der Waals surface area (Å²) in [6.07, 6.45) is 1.96. The van der Waals surface area contributed by atoms with E-state index in [1.807, 2.05) is 49.9 Å². The molecule has 1 aliphatic rings. The minimum absolute atomic E-state index is 0.155. The summed E-state index contributed by atoms with van der Waals surface area (Å²) in [5.74, 6) is 0.481. The summed E-state index contributed by atoms with van der Waals surface area (Å²) in [5.41, 5.74) is 1.38. The average molecular weight is 343 g/mol. The second-order valence-electron chi connectivity index (χ2n) is 7.30. The Balaban J connectivity index is 1.86. The van der Waals surface area contributed by atoms with Gasteiger partial charge < -0.3 is 14.5 Å². The van der Waals surface area contributed by atoms with Crippen molar-refractivity contribution in [3.8, 4) is 0 Å². The van der Waals surface area contributed by atoms with E-state index in [4.69, 9.17) is 4.52 Å². The van der Waals surface area contributed by atoms with Gasteiger partial charge in [-0.2, -0.15) is 4.98 Å². The fourth-order valence-electron chi connectivity index (χ4n) is 3.46. The number of piperidine rings is 1. The van der Waals surface area contributed by atoms with Crippen LogP contribution in [-0.4, -0.2) is 34.3 Å². The summed E-state index contributed by atoms with van der Waals surface area (Å²) >= 11 is 0. The first-order valence-electron chi connectivity index (χ1n) is 8.78. The predicted molar refractivity (Wildman–Crippen MR) is 94.8 cm³/mol. The van der Waals surface area contributed by atoms with Crippen LogP contribution in [-0.2, 0) is 11.2 Å². The van der Waals surface area contributed by atoms with Crippen LogP contribution in [0.3, 0.4) is 0 Å². The van der Waals surface area contributed by atoms with Gasteiger partial charge in [-0.1, -0.05) is 38.1 Å². The van der Waals surface area contributed by atoms with Crippen molar-refractivity contribution in [2.24, 2.45) is 5.41 Å². The van der Waals surface area contributed by atoms with Crippen molar-refractivity contribution in [2.45, 2.75) is 46.0 Å². The highest BCUT2D eigenvalue weighted by Gasteiger charge is 2.43. The van der Waals surface area contributed by atoms with Crippen LogP contribution >= 0.6 is 0 Å². The number of hydrogen-bond acceptors (Lipinski definition) is 5. The standard InChI is InChI=1S/C19H25N3O3/c1-13(2)16-20-18(21-25-16)22-10-6-9-19(12-22,17(23)24)11-15-8-5-4-7-14(15)3/h4-5,7-8,13H,6,9-12H2,1-3H3,(H,23,24). The van der Waals surface area contributed by atoms with Gasteiger partial charge in [-0.3, -0.25) is 4.79 Å². The van der Waals surface area contributed by atoms with Gasteiger partial charge in [0.05, 0.1) is 5.41 Å². The van der Waals surface area contributed by atoms with Crippen molar-refractivity contribution < 1.29 is 14.4 Å². The molecule has 1 atom stereocenters. The van der Waals surface area contributed by atoms with E-state index in [9.17, 15) is 9.90 Å². The van der Waals surface area contributed by atoms with Gasteiger partial charge in [-0.15, -0.1) is 0 Å². The monoisotopic (exact) mass is 343 g/mol. The third kappa shape index (κ3) is 3.52. The van der Waals surface area contributed by atoms with E-state index >= 15 is 0 Å². The zero-order valence-electron chi connectivity index (χ0n) is 15.0. The second kappa shape index (κ2) is 6.86. The largest absolute Gasteiger partial charge is 0.481 e. The normalized spacial score (nSPS) is 20.9. The molecule has 6 nitrogen and oxygen atoms in total. The molecule has 1 fully saturated rings. The highest BCUT2D eigenvalue weighted by Crippen LogP contribution is 2.36. The summed E-state index contributed by atoms with van der Waals surface area (Å²) in [7, 11) is 0. The van der Waals surface area contributed by atoms with Crippen LogP contribution in [0.2, 0.25) is 0 Å².